The van der Waals surface area contributed by atoms with Gasteiger partial charge in [-0.2, -0.15) is 5.10 Å². The molecule has 0 bridgehead atoms. The first-order chi connectivity index (χ1) is 15.9. The number of carbonyl (C=O) groups is 2. The lowest BCUT2D eigenvalue weighted by molar-refractivity contribution is -0.132. The number of carbonyl (C=O) groups excluding carboxylic acids is 2. The SMILES string of the molecule is CCn1nc(C)cc1C(=O)N1CC(=O)N(Cc2csc(C)n2)C[C@@H](OCc2ccccn2)C1. The van der Waals surface area contributed by atoms with Crippen molar-refractivity contribution in [3.63, 3.8) is 0 Å². The van der Waals surface area contributed by atoms with E-state index >= 15 is 0 Å². The molecule has 1 aliphatic heterocycles. The van der Waals surface area contributed by atoms with E-state index in [1.54, 1.807) is 38.1 Å². The molecule has 1 atom stereocenters. The third-order valence-electron chi connectivity index (χ3n) is 5.45. The molecule has 1 fully saturated rings. The van der Waals surface area contributed by atoms with E-state index in [2.05, 4.69) is 15.1 Å². The second kappa shape index (κ2) is 10.2. The van der Waals surface area contributed by atoms with Crippen molar-refractivity contribution in [2.24, 2.45) is 0 Å². The molecule has 4 rings (SSSR count). The van der Waals surface area contributed by atoms with Gasteiger partial charge in [0.05, 0.1) is 41.3 Å². The van der Waals surface area contributed by atoms with Crippen LogP contribution in [0.5, 0.6) is 0 Å². The molecular formula is C23H28N6O3S. The van der Waals surface area contributed by atoms with Crippen LogP contribution in [0.2, 0.25) is 0 Å². The molecule has 2 amide bonds. The molecule has 3 aromatic heterocycles. The van der Waals surface area contributed by atoms with Gasteiger partial charge in [0.1, 0.15) is 12.2 Å². The normalized spacial score (nSPS) is 16.8. The minimum Gasteiger partial charge on any atom is -0.368 e. The van der Waals surface area contributed by atoms with Gasteiger partial charge in [0.2, 0.25) is 5.91 Å². The zero-order valence-corrected chi connectivity index (χ0v) is 19.9. The minimum atomic E-state index is -0.360. The summed E-state index contributed by atoms with van der Waals surface area (Å²) >= 11 is 1.55. The Labute approximate surface area is 197 Å². The Morgan fingerprint density at radius 1 is 1.24 bits per heavy atom. The molecule has 0 radical (unpaired) electrons. The molecule has 33 heavy (non-hydrogen) atoms. The van der Waals surface area contributed by atoms with Gasteiger partial charge in [-0.1, -0.05) is 6.07 Å². The summed E-state index contributed by atoms with van der Waals surface area (Å²) in [4.78, 5) is 38.7. The summed E-state index contributed by atoms with van der Waals surface area (Å²) in [5.74, 6) is -0.346. The van der Waals surface area contributed by atoms with E-state index in [0.29, 0.717) is 38.5 Å². The molecule has 0 spiro atoms. The summed E-state index contributed by atoms with van der Waals surface area (Å²) in [6.07, 6.45) is 1.36. The number of hydrogen-bond acceptors (Lipinski definition) is 7. The van der Waals surface area contributed by atoms with Gasteiger partial charge in [0, 0.05) is 31.2 Å². The molecule has 0 N–H and O–H groups in total. The Bertz CT molecular complexity index is 1110. The number of ether oxygens (including phenoxy) is 1. The first kappa shape index (κ1) is 23.1. The van der Waals surface area contributed by atoms with E-state index in [1.165, 1.54) is 0 Å². The third kappa shape index (κ3) is 5.63. The number of aryl methyl sites for hydroxylation is 3. The largest absolute Gasteiger partial charge is 0.368 e. The van der Waals surface area contributed by atoms with Gasteiger partial charge in [0.25, 0.3) is 5.91 Å². The molecule has 0 aliphatic carbocycles. The van der Waals surface area contributed by atoms with Crippen LogP contribution >= 0.6 is 11.3 Å². The fourth-order valence-electron chi connectivity index (χ4n) is 3.88. The number of hydrogen-bond donors (Lipinski definition) is 0. The van der Waals surface area contributed by atoms with Gasteiger partial charge < -0.3 is 14.5 Å². The average Bonchev–Trinajstić information content (AvgIpc) is 3.36. The summed E-state index contributed by atoms with van der Waals surface area (Å²) in [5, 5.41) is 7.30. The van der Waals surface area contributed by atoms with Crippen LogP contribution in [0.3, 0.4) is 0 Å². The number of aromatic nitrogens is 4. The summed E-state index contributed by atoms with van der Waals surface area (Å²) in [7, 11) is 0. The van der Waals surface area contributed by atoms with Crippen molar-refractivity contribution >= 4 is 23.2 Å². The smallest absolute Gasteiger partial charge is 0.272 e. The quantitative estimate of drug-likeness (QED) is 0.529. The maximum atomic E-state index is 13.4. The van der Waals surface area contributed by atoms with Crippen LogP contribution in [0, 0.1) is 13.8 Å². The molecule has 1 aliphatic rings. The van der Waals surface area contributed by atoms with Crippen molar-refractivity contribution in [1.82, 2.24) is 29.5 Å². The Morgan fingerprint density at radius 2 is 2.09 bits per heavy atom. The van der Waals surface area contributed by atoms with E-state index in [-0.39, 0.29) is 24.5 Å². The second-order valence-electron chi connectivity index (χ2n) is 8.06. The standard InChI is InChI=1S/C23H28N6O3S/c1-4-29-21(9-16(2)26-29)23(31)28-12-20(32-14-18-7-5-6-8-24-18)11-27(22(30)13-28)10-19-15-33-17(3)25-19/h5-9,15,20H,4,10-14H2,1-3H3/t20-/m1/s1. The maximum Gasteiger partial charge on any atom is 0.272 e. The van der Waals surface area contributed by atoms with Crippen molar-refractivity contribution in [3.8, 4) is 0 Å². The highest BCUT2D eigenvalue weighted by molar-refractivity contribution is 7.09. The Kier molecular flexibility index (Phi) is 7.14. The van der Waals surface area contributed by atoms with Gasteiger partial charge in [-0.15, -0.1) is 11.3 Å². The summed E-state index contributed by atoms with van der Waals surface area (Å²) in [6, 6.07) is 7.41. The molecule has 10 heteroatoms. The molecular weight excluding hydrogens is 440 g/mol. The zero-order valence-electron chi connectivity index (χ0n) is 19.1. The average molecular weight is 469 g/mol. The van der Waals surface area contributed by atoms with Crippen molar-refractivity contribution in [1.29, 1.82) is 0 Å². The van der Waals surface area contributed by atoms with Crippen molar-refractivity contribution in [2.75, 3.05) is 19.6 Å². The molecule has 0 unspecified atom stereocenters. The van der Waals surface area contributed by atoms with E-state index in [0.717, 1.165) is 22.1 Å². The van der Waals surface area contributed by atoms with Gasteiger partial charge >= 0.3 is 0 Å². The summed E-state index contributed by atoms with van der Waals surface area (Å²) in [5.41, 5.74) is 2.89. The number of amides is 2. The molecule has 4 heterocycles. The predicted octanol–water partition coefficient (Wildman–Crippen LogP) is 2.44. The molecule has 1 saturated heterocycles. The van der Waals surface area contributed by atoms with Crippen molar-refractivity contribution < 1.29 is 14.3 Å². The van der Waals surface area contributed by atoms with Crippen LogP contribution in [0.4, 0.5) is 0 Å². The lowest BCUT2D eigenvalue weighted by atomic mass is 10.2. The number of nitrogens with zero attached hydrogens (tertiary/aromatic N) is 6. The number of thiazole rings is 1. The highest BCUT2D eigenvalue weighted by atomic mass is 32.1. The van der Waals surface area contributed by atoms with Gasteiger partial charge in [-0.05, 0) is 39.0 Å². The molecule has 9 nitrogen and oxygen atoms in total. The topological polar surface area (TPSA) is 93.5 Å². The highest BCUT2D eigenvalue weighted by Crippen LogP contribution is 2.18. The Morgan fingerprint density at radius 3 is 2.79 bits per heavy atom. The molecule has 0 aromatic carbocycles. The lowest BCUT2D eigenvalue weighted by Gasteiger charge is -2.24. The van der Waals surface area contributed by atoms with Crippen LogP contribution < -0.4 is 0 Å². The van der Waals surface area contributed by atoms with Gasteiger partial charge in [0.15, 0.2) is 0 Å². The highest BCUT2D eigenvalue weighted by Gasteiger charge is 2.33. The monoisotopic (exact) mass is 468 g/mol. The van der Waals surface area contributed by atoms with Crippen LogP contribution in [-0.2, 0) is 29.2 Å². The van der Waals surface area contributed by atoms with Crippen LogP contribution in [0.1, 0.15) is 39.5 Å². The molecule has 0 saturated carbocycles. The van der Waals surface area contributed by atoms with Crippen molar-refractivity contribution in [3.05, 3.63) is 63.6 Å². The first-order valence-electron chi connectivity index (χ1n) is 11.0. The van der Waals surface area contributed by atoms with Crippen LogP contribution in [0.15, 0.2) is 35.8 Å². The molecule has 3 aromatic rings. The fraction of sp³-hybridized carbons (Fsp3) is 0.435. The third-order valence-corrected chi connectivity index (χ3v) is 6.27. The lowest BCUT2D eigenvalue weighted by Crippen LogP contribution is -2.40. The van der Waals surface area contributed by atoms with Gasteiger partial charge in [-0.25, -0.2) is 4.98 Å². The van der Waals surface area contributed by atoms with E-state index in [9.17, 15) is 9.59 Å². The zero-order chi connectivity index (χ0) is 23.4. The van der Waals surface area contributed by atoms with Crippen LogP contribution in [0.25, 0.3) is 0 Å². The van der Waals surface area contributed by atoms with E-state index in [4.69, 9.17) is 4.74 Å². The Hall–Kier alpha value is -3.11. The maximum absolute atomic E-state index is 13.4. The predicted molar refractivity (Wildman–Crippen MR) is 124 cm³/mol. The van der Waals surface area contributed by atoms with E-state index < -0.39 is 0 Å². The fourth-order valence-corrected chi connectivity index (χ4v) is 4.48. The summed E-state index contributed by atoms with van der Waals surface area (Å²) in [6.45, 7) is 7.66. The Balaban J connectivity index is 1.55. The molecule has 174 valence electrons. The van der Waals surface area contributed by atoms with Gasteiger partial charge in [-0.3, -0.25) is 19.3 Å². The van der Waals surface area contributed by atoms with E-state index in [1.807, 2.05) is 44.4 Å². The number of pyridine rings is 1. The summed E-state index contributed by atoms with van der Waals surface area (Å²) < 4.78 is 7.83. The number of rotatable bonds is 7. The van der Waals surface area contributed by atoms with Crippen LogP contribution in [-0.4, -0.2) is 67.1 Å². The first-order valence-corrected chi connectivity index (χ1v) is 11.8. The minimum absolute atomic E-state index is 0.0145. The van der Waals surface area contributed by atoms with Crippen molar-refractivity contribution in [2.45, 2.75) is 46.6 Å². The second-order valence-corrected chi connectivity index (χ2v) is 9.12.